The summed E-state index contributed by atoms with van der Waals surface area (Å²) in [7, 11) is 0. The van der Waals surface area contributed by atoms with Gasteiger partial charge in [0.25, 0.3) is 0 Å². The number of hydrogen-bond acceptors (Lipinski definition) is 5. The zero-order valence-electron chi connectivity index (χ0n) is 14.9. The Balaban J connectivity index is 2.43. The largest absolute Gasteiger partial charge is 0.355 e. The van der Waals surface area contributed by atoms with Crippen molar-refractivity contribution in [3.05, 3.63) is 18.2 Å². The van der Waals surface area contributed by atoms with E-state index in [9.17, 15) is 9.59 Å². The molecule has 24 heavy (non-hydrogen) atoms. The quantitative estimate of drug-likeness (QED) is 0.395. The molecular formula is C16H30N6O2. The lowest BCUT2D eigenvalue weighted by Gasteiger charge is -2.24. The van der Waals surface area contributed by atoms with Crippen LogP contribution in [0, 0.1) is 5.92 Å². The van der Waals surface area contributed by atoms with Gasteiger partial charge >= 0.3 is 0 Å². The van der Waals surface area contributed by atoms with Crippen LogP contribution in [0.4, 0.5) is 0 Å². The Morgan fingerprint density at radius 3 is 2.54 bits per heavy atom. The number of H-pyrrole nitrogens is 1. The summed E-state index contributed by atoms with van der Waals surface area (Å²) in [6.07, 6.45) is 4.03. The Hall–Kier alpha value is -1.93. The predicted molar refractivity (Wildman–Crippen MR) is 93.2 cm³/mol. The Kier molecular flexibility index (Phi) is 8.42. The number of likely N-dealkylation sites (N-methyl/N-ethyl adjacent to an activating group) is 1. The van der Waals surface area contributed by atoms with Crippen LogP contribution in [0.15, 0.2) is 12.5 Å². The third kappa shape index (κ3) is 6.67. The van der Waals surface area contributed by atoms with Gasteiger partial charge in [0.15, 0.2) is 0 Å². The molecule has 1 rings (SSSR count). The molecule has 0 aliphatic carbocycles. The van der Waals surface area contributed by atoms with Crippen LogP contribution in [0.3, 0.4) is 0 Å². The third-order valence-electron chi connectivity index (χ3n) is 3.70. The van der Waals surface area contributed by atoms with Crippen LogP contribution in [-0.4, -0.2) is 53.0 Å². The van der Waals surface area contributed by atoms with E-state index in [0.29, 0.717) is 19.5 Å². The molecule has 1 heterocycles. The first-order valence-electron chi connectivity index (χ1n) is 8.39. The van der Waals surface area contributed by atoms with Crippen molar-refractivity contribution >= 4 is 11.8 Å². The molecule has 0 aliphatic heterocycles. The fraction of sp³-hybridized carbons (Fsp3) is 0.688. The zero-order valence-corrected chi connectivity index (χ0v) is 14.9. The van der Waals surface area contributed by atoms with E-state index in [-0.39, 0.29) is 23.8 Å². The van der Waals surface area contributed by atoms with Crippen LogP contribution < -0.4 is 21.7 Å². The SMILES string of the molecule is CCNC(=O)C(NC(=O)C(C)NCC(N)Cc1c[nH]cn1)C(C)C. The van der Waals surface area contributed by atoms with Crippen molar-refractivity contribution in [1.29, 1.82) is 0 Å². The second kappa shape index (κ2) is 10.0. The second-order valence-corrected chi connectivity index (χ2v) is 6.28. The first kappa shape index (κ1) is 20.1. The third-order valence-corrected chi connectivity index (χ3v) is 3.70. The van der Waals surface area contributed by atoms with Gasteiger partial charge < -0.3 is 26.7 Å². The fourth-order valence-corrected chi connectivity index (χ4v) is 2.26. The van der Waals surface area contributed by atoms with Gasteiger partial charge in [-0.3, -0.25) is 9.59 Å². The molecule has 136 valence electrons. The highest BCUT2D eigenvalue weighted by molar-refractivity contribution is 5.89. The number of imidazole rings is 1. The minimum Gasteiger partial charge on any atom is -0.355 e. The standard InChI is InChI=1S/C16H30N6O2/c1-5-19-16(24)14(10(2)3)22-15(23)11(4)20-7-12(17)6-13-8-18-9-21-13/h8-12,14,20H,5-7,17H2,1-4H3,(H,18,21)(H,19,24)(H,22,23). The highest BCUT2D eigenvalue weighted by atomic mass is 16.2. The summed E-state index contributed by atoms with van der Waals surface area (Å²) >= 11 is 0. The predicted octanol–water partition coefficient (Wildman–Crippen LogP) is -0.465. The van der Waals surface area contributed by atoms with Crippen molar-refractivity contribution in [1.82, 2.24) is 25.9 Å². The van der Waals surface area contributed by atoms with Crippen LogP contribution in [0.1, 0.15) is 33.4 Å². The Labute approximate surface area is 143 Å². The number of amides is 2. The van der Waals surface area contributed by atoms with E-state index < -0.39 is 12.1 Å². The summed E-state index contributed by atoms with van der Waals surface area (Å²) in [5, 5.41) is 8.64. The first-order valence-corrected chi connectivity index (χ1v) is 8.39. The zero-order chi connectivity index (χ0) is 18.1. The average molecular weight is 338 g/mol. The molecule has 8 heteroatoms. The van der Waals surface area contributed by atoms with Crippen LogP contribution in [0.5, 0.6) is 0 Å². The van der Waals surface area contributed by atoms with Crippen molar-refractivity contribution in [2.75, 3.05) is 13.1 Å². The summed E-state index contributed by atoms with van der Waals surface area (Å²) in [5.41, 5.74) is 6.92. The maximum atomic E-state index is 12.3. The van der Waals surface area contributed by atoms with Crippen molar-refractivity contribution in [2.24, 2.45) is 11.7 Å². The summed E-state index contributed by atoms with van der Waals surface area (Å²) in [5.74, 6) is -0.371. The summed E-state index contributed by atoms with van der Waals surface area (Å²) in [6.45, 7) is 8.42. The maximum Gasteiger partial charge on any atom is 0.242 e. The first-order chi connectivity index (χ1) is 11.3. The van der Waals surface area contributed by atoms with Gasteiger partial charge in [0.2, 0.25) is 11.8 Å². The number of nitrogens with zero attached hydrogens (tertiary/aromatic N) is 1. The van der Waals surface area contributed by atoms with Gasteiger partial charge in [-0.05, 0) is 19.8 Å². The molecule has 0 aliphatic rings. The lowest BCUT2D eigenvalue weighted by Crippen LogP contribution is -2.55. The van der Waals surface area contributed by atoms with Gasteiger partial charge in [0, 0.05) is 31.7 Å². The highest BCUT2D eigenvalue weighted by Crippen LogP contribution is 2.02. The molecule has 3 unspecified atom stereocenters. The van der Waals surface area contributed by atoms with Crippen molar-refractivity contribution in [3.8, 4) is 0 Å². The van der Waals surface area contributed by atoms with E-state index in [1.165, 1.54) is 0 Å². The number of nitrogens with two attached hydrogens (primary N) is 1. The fourth-order valence-electron chi connectivity index (χ4n) is 2.26. The number of rotatable bonds is 10. The van der Waals surface area contributed by atoms with Gasteiger partial charge in [0.05, 0.1) is 18.1 Å². The number of aromatic nitrogens is 2. The summed E-state index contributed by atoms with van der Waals surface area (Å²) in [4.78, 5) is 31.3. The van der Waals surface area contributed by atoms with Crippen molar-refractivity contribution in [2.45, 2.75) is 52.2 Å². The molecule has 0 fully saturated rings. The molecular weight excluding hydrogens is 308 g/mol. The molecule has 1 aromatic rings. The monoisotopic (exact) mass is 338 g/mol. The normalized spacial score (nSPS) is 14.9. The van der Waals surface area contributed by atoms with Crippen molar-refractivity contribution in [3.63, 3.8) is 0 Å². The molecule has 0 aromatic carbocycles. The molecule has 0 radical (unpaired) electrons. The lowest BCUT2D eigenvalue weighted by molar-refractivity contribution is -0.130. The van der Waals surface area contributed by atoms with E-state index in [2.05, 4.69) is 25.9 Å². The smallest absolute Gasteiger partial charge is 0.242 e. The van der Waals surface area contributed by atoms with Crippen LogP contribution in [-0.2, 0) is 16.0 Å². The molecule has 8 nitrogen and oxygen atoms in total. The lowest BCUT2D eigenvalue weighted by atomic mass is 10.0. The van der Waals surface area contributed by atoms with Crippen LogP contribution in [0.2, 0.25) is 0 Å². The minimum atomic E-state index is -0.542. The van der Waals surface area contributed by atoms with E-state index in [1.807, 2.05) is 20.8 Å². The summed E-state index contributed by atoms with van der Waals surface area (Å²) < 4.78 is 0. The molecule has 0 bridgehead atoms. The van der Waals surface area contributed by atoms with E-state index in [1.54, 1.807) is 19.4 Å². The van der Waals surface area contributed by atoms with Crippen LogP contribution in [0.25, 0.3) is 0 Å². The molecule has 1 aromatic heterocycles. The van der Waals surface area contributed by atoms with Gasteiger partial charge in [-0.2, -0.15) is 0 Å². The van der Waals surface area contributed by atoms with Gasteiger partial charge in [0.1, 0.15) is 6.04 Å². The topological polar surface area (TPSA) is 125 Å². The van der Waals surface area contributed by atoms with Gasteiger partial charge in [-0.15, -0.1) is 0 Å². The number of carbonyl (C=O) groups excluding carboxylic acids is 2. The van der Waals surface area contributed by atoms with Gasteiger partial charge in [-0.25, -0.2) is 4.98 Å². The number of nitrogens with one attached hydrogen (secondary N) is 4. The number of hydrogen-bond donors (Lipinski definition) is 5. The number of aromatic amines is 1. The molecule has 2 amide bonds. The van der Waals surface area contributed by atoms with E-state index in [0.717, 1.165) is 5.69 Å². The van der Waals surface area contributed by atoms with E-state index in [4.69, 9.17) is 5.73 Å². The summed E-state index contributed by atoms with van der Waals surface area (Å²) in [6, 6.07) is -1.13. The Bertz CT molecular complexity index is 503. The minimum absolute atomic E-state index is 0.00891. The molecule has 6 N–H and O–H groups in total. The van der Waals surface area contributed by atoms with Crippen molar-refractivity contribution < 1.29 is 9.59 Å². The number of carbonyl (C=O) groups is 2. The van der Waals surface area contributed by atoms with E-state index >= 15 is 0 Å². The highest BCUT2D eigenvalue weighted by Gasteiger charge is 2.25. The van der Waals surface area contributed by atoms with Gasteiger partial charge in [-0.1, -0.05) is 13.8 Å². The molecule has 0 saturated carbocycles. The average Bonchev–Trinajstić information content (AvgIpc) is 3.02. The second-order valence-electron chi connectivity index (χ2n) is 6.28. The Morgan fingerprint density at radius 1 is 1.29 bits per heavy atom. The molecule has 0 spiro atoms. The Morgan fingerprint density at radius 2 is 2.00 bits per heavy atom. The molecule has 0 saturated heterocycles. The molecule has 3 atom stereocenters. The van der Waals surface area contributed by atoms with Crippen LogP contribution >= 0.6 is 0 Å². The maximum absolute atomic E-state index is 12.3.